The Morgan fingerprint density at radius 3 is 2.47 bits per heavy atom. The lowest BCUT2D eigenvalue weighted by molar-refractivity contribution is -0.134. The smallest absolute Gasteiger partial charge is 0.407 e. The third-order valence-electron chi connectivity index (χ3n) is 3.23. The van der Waals surface area contributed by atoms with Gasteiger partial charge in [-0.2, -0.15) is 0 Å². The van der Waals surface area contributed by atoms with Crippen molar-refractivity contribution in [2.24, 2.45) is 5.92 Å². The molecule has 0 aliphatic carbocycles. The minimum absolute atomic E-state index is 0.00426. The van der Waals surface area contributed by atoms with Gasteiger partial charge in [-0.1, -0.05) is 13.8 Å². The molecule has 5 nitrogen and oxygen atoms in total. The van der Waals surface area contributed by atoms with Crippen LogP contribution >= 0.6 is 0 Å². The van der Waals surface area contributed by atoms with Crippen molar-refractivity contribution in [2.45, 2.75) is 45.7 Å². The van der Waals surface area contributed by atoms with E-state index in [1.54, 1.807) is 0 Å². The van der Waals surface area contributed by atoms with E-state index in [1.807, 2.05) is 25.7 Å². The summed E-state index contributed by atoms with van der Waals surface area (Å²) < 4.78 is 4.55. The number of carbonyl (C=O) groups is 2. The molecule has 1 aliphatic heterocycles. The lowest BCUT2D eigenvalue weighted by atomic mass is 10.0. The van der Waals surface area contributed by atoms with Crippen molar-refractivity contribution >= 4 is 12.0 Å². The maximum atomic E-state index is 12.3. The van der Waals surface area contributed by atoms with E-state index in [4.69, 9.17) is 0 Å². The van der Waals surface area contributed by atoms with Crippen LogP contribution in [0.4, 0.5) is 4.79 Å². The Bertz CT molecular complexity index is 291. The highest BCUT2D eigenvalue weighted by atomic mass is 16.5. The number of nitrogens with zero attached hydrogens (tertiary/aromatic N) is 1. The van der Waals surface area contributed by atoms with E-state index in [2.05, 4.69) is 10.1 Å². The summed E-state index contributed by atoms with van der Waals surface area (Å²) in [6.45, 7) is 6.66. The first-order valence-electron chi connectivity index (χ1n) is 6.12. The van der Waals surface area contributed by atoms with Crippen LogP contribution < -0.4 is 5.32 Å². The number of carbonyl (C=O) groups excluding carboxylic acids is 2. The fourth-order valence-electron chi connectivity index (χ4n) is 2.14. The highest BCUT2D eigenvalue weighted by Gasteiger charge is 2.33. The molecule has 0 saturated carbocycles. The van der Waals surface area contributed by atoms with E-state index in [0.717, 1.165) is 19.4 Å². The Morgan fingerprint density at radius 2 is 2.06 bits per heavy atom. The summed E-state index contributed by atoms with van der Waals surface area (Å²) in [5.74, 6) is 0.0461. The van der Waals surface area contributed by atoms with Crippen molar-refractivity contribution in [3.8, 4) is 0 Å². The van der Waals surface area contributed by atoms with E-state index < -0.39 is 12.1 Å². The zero-order chi connectivity index (χ0) is 13.0. The van der Waals surface area contributed by atoms with Crippen molar-refractivity contribution < 1.29 is 14.3 Å². The monoisotopic (exact) mass is 242 g/mol. The summed E-state index contributed by atoms with van der Waals surface area (Å²) in [5.41, 5.74) is 0. The van der Waals surface area contributed by atoms with Gasteiger partial charge in [0.2, 0.25) is 5.91 Å². The first-order valence-corrected chi connectivity index (χ1v) is 6.12. The molecule has 0 aromatic carbocycles. The molecule has 5 heteroatoms. The molecule has 0 spiro atoms. The Morgan fingerprint density at radius 1 is 1.41 bits per heavy atom. The van der Waals surface area contributed by atoms with Gasteiger partial charge in [0.15, 0.2) is 0 Å². The van der Waals surface area contributed by atoms with Gasteiger partial charge in [-0.05, 0) is 25.7 Å². The van der Waals surface area contributed by atoms with Crippen LogP contribution in [0, 0.1) is 5.92 Å². The van der Waals surface area contributed by atoms with E-state index in [1.165, 1.54) is 7.11 Å². The van der Waals surface area contributed by atoms with Gasteiger partial charge in [0.1, 0.15) is 6.04 Å². The van der Waals surface area contributed by atoms with Gasteiger partial charge in [-0.3, -0.25) is 4.79 Å². The number of hydrogen-bond donors (Lipinski definition) is 1. The van der Waals surface area contributed by atoms with Crippen LogP contribution in [0.3, 0.4) is 0 Å². The van der Waals surface area contributed by atoms with E-state index in [0.29, 0.717) is 0 Å². The molecule has 1 aliphatic rings. The molecule has 1 fully saturated rings. The van der Waals surface area contributed by atoms with Gasteiger partial charge in [0.05, 0.1) is 7.11 Å². The predicted molar refractivity (Wildman–Crippen MR) is 64.6 cm³/mol. The Balaban J connectivity index is 2.69. The molecule has 0 bridgehead atoms. The van der Waals surface area contributed by atoms with Crippen LogP contribution in [0.25, 0.3) is 0 Å². The van der Waals surface area contributed by atoms with Crippen LogP contribution in [0.5, 0.6) is 0 Å². The molecular formula is C12H22N2O3. The molecule has 17 heavy (non-hydrogen) atoms. The van der Waals surface area contributed by atoms with Crippen molar-refractivity contribution in [1.29, 1.82) is 0 Å². The summed E-state index contributed by atoms with van der Waals surface area (Å²) in [6, 6.07) is -0.230. The number of nitrogens with one attached hydrogen (secondary N) is 1. The van der Waals surface area contributed by atoms with Gasteiger partial charge in [0, 0.05) is 12.6 Å². The van der Waals surface area contributed by atoms with Gasteiger partial charge >= 0.3 is 6.09 Å². The molecule has 1 rings (SSSR count). The lowest BCUT2D eigenvalue weighted by Crippen LogP contribution is -2.52. The van der Waals surface area contributed by atoms with E-state index in [-0.39, 0.29) is 17.9 Å². The molecule has 2 amide bonds. The van der Waals surface area contributed by atoms with Gasteiger partial charge in [-0.15, -0.1) is 0 Å². The average Bonchev–Trinajstić information content (AvgIpc) is 2.70. The second kappa shape index (κ2) is 5.89. The summed E-state index contributed by atoms with van der Waals surface area (Å²) >= 11 is 0. The molecule has 0 aromatic rings. The maximum Gasteiger partial charge on any atom is 0.407 e. The maximum absolute atomic E-state index is 12.3. The molecule has 0 unspecified atom stereocenters. The Hall–Kier alpha value is -1.26. The molecular weight excluding hydrogens is 220 g/mol. The second-order valence-corrected chi connectivity index (χ2v) is 4.88. The third-order valence-corrected chi connectivity index (χ3v) is 3.23. The SMILES string of the molecule is COC(=O)N[C@H](C(=O)N1CCC[C@H]1C)C(C)C. The normalized spacial score (nSPS) is 21.5. The van der Waals surface area contributed by atoms with Crippen LogP contribution in [0.1, 0.15) is 33.6 Å². The summed E-state index contributed by atoms with van der Waals surface area (Å²) in [7, 11) is 1.30. The number of methoxy groups -OCH3 is 1. The Labute approximate surface area is 102 Å². The van der Waals surface area contributed by atoms with Crippen molar-refractivity contribution in [3.63, 3.8) is 0 Å². The van der Waals surface area contributed by atoms with Gasteiger partial charge < -0.3 is 15.0 Å². The third kappa shape index (κ3) is 3.35. The molecule has 1 saturated heterocycles. The summed E-state index contributed by atoms with van der Waals surface area (Å²) in [4.78, 5) is 25.4. The van der Waals surface area contributed by atoms with Crippen LogP contribution in [-0.4, -0.2) is 42.6 Å². The molecule has 1 N–H and O–H groups in total. The van der Waals surface area contributed by atoms with E-state index in [9.17, 15) is 9.59 Å². The van der Waals surface area contributed by atoms with Crippen molar-refractivity contribution in [1.82, 2.24) is 10.2 Å². The fraction of sp³-hybridized carbons (Fsp3) is 0.833. The van der Waals surface area contributed by atoms with Gasteiger partial charge in [0.25, 0.3) is 0 Å². The van der Waals surface area contributed by atoms with Crippen molar-refractivity contribution in [3.05, 3.63) is 0 Å². The fourth-order valence-corrected chi connectivity index (χ4v) is 2.14. The predicted octanol–water partition coefficient (Wildman–Crippen LogP) is 1.38. The minimum atomic E-state index is -0.552. The highest BCUT2D eigenvalue weighted by Crippen LogP contribution is 2.19. The topological polar surface area (TPSA) is 58.6 Å². The number of ether oxygens (including phenoxy) is 1. The zero-order valence-corrected chi connectivity index (χ0v) is 11.0. The van der Waals surface area contributed by atoms with E-state index >= 15 is 0 Å². The molecule has 0 aromatic heterocycles. The first kappa shape index (κ1) is 13.8. The summed E-state index contributed by atoms with van der Waals surface area (Å²) in [6.07, 6.45) is 1.52. The van der Waals surface area contributed by atoms with Crippen LogP contribution in [0.2, 0.25) is 0 Å². The quantitative estimate of drug-likeness (QED) is 0.813. The molecule has 0 radical (unpaired) electrons. The standard InChI is InChI=1S/C12H22N2O3/c1-8(2)10(13-12(16)17-4)11(15)14-7-5-6-9(14)3/h8-10H,5-7H2,1-4H3,(H,13,16)/t9-,10+/m1/s1. The number of hydrogen-bond acceptors (Lipinski definition) is 3. The summed E-state index contributed by atoms with van der Waals surface area (Å²) in [5, 5.41) is 2.61. The second-order valence-electron chi connectivity index (χ2n) is 4.88. The van der Waals surface area contributed by atoms with Gasteiger partial charge in [-0.25, -0.2) is 4.79 Å². The zero-order valence-electron chi connectivity index (χ0n) is 11.0. The largest absolute Gasteiger partial charge is 0.453 e. The Kier molecular flexibility index (Phi) is 4.78. The lowest BCUT2D eigenvalue weighted by Gasteiger charge is -2.29. The average molecular weight is 242 g/mol. The number of amides is 2. The highest BCUT2D eigenvalue weighted by molar-refractivity contribution is 5.86. The van der Waals surface area contributed by atoms with Crippen molar-refractivity contribution in [2.75, 3.05) is 13.7 Å². The minimum Gasteiger partial charge on any atom is -0.453 e. The molecule has 1 heterocycles. The molecule has 2 atom stereocenters. The number of alkyl carbamates (subject to hydrolysis) is 1. The number of likely N-dealkylation sites (tertiary alicyclic amines) is 1. The van der Waals surface area contributed by atoms with Crippen LogP contribution in [0.15, 0.2) is 0 Å². The molecule has 98 valence electrons. The van der Waals surface area contributed by atoms with Crippen LogP contribution in [-0.2, 0) is 9.53 Å². The first-order chi connectivity index (χ1) is 7.97. The number of rotatable bonds is 3.